The Morgan fingerprint density at radius 1 is 1.42 bits per heavy atom. The lowest BCUT2D eigenvalue weighted by Gasteiger charge is -2.05. The molecule has 0 bridgehead atoms. The van der Waals surface area contributed by atoms with Gasteiger partial charge in [0.2, 0.25) is 15.2 Å². The largest absolute Gasteiger partial charge is 0.257 e. The molecule has 1 aromatic carbocycles. The Balaban J connectivity index is 2.10. The topological polar surface area (TPSA) is 72.0 Å². The molecule has 5 nitrogen and oxygen atoms in total. The first-order chi connectivity index (χ1) is 8.98. The number of nitrogens with zero attached hydrogens (tertiary/aromatic N) is 2. The number of nitrogens with one attached hydrogen (secondary N) is 1. The summed E-state index contributed by atoms with van der Waals surface area (Å²) in [5, 5.41) is 7.91. The van der Waals surface area contributed by atoms with Crippen molar-refractivity contribution in [3.05, 3.63) is 34.3 Å². The lowest BCUT2D eigenvalue weighted by atomic mass is 10.2. The molecule has 2 aromatic rings. The molecule has 0 fully saturated rings. The Morgan fingerprint density at radius 2 is 2.21 bits per heavy atom. The number of benzene rings is 1. The van der Waals surface area contributed by atoms with Crippen molar-refractivity contribution in [1.29, 1.82) is 0 Å². The molecular formula is C10H10BrN3O2S3. The first-order valence-electron chi connectivity index (χ1n) is 5.11. The minimum Gasteiger partial charge on any atom is -0.257 e. The fourth-order valence-electron chi connectivity index (χ4n) is 1.35. The van der Waals surface area contributed by atoms with Crippen LogP contribution in [0.25, 0.3) is 0 Å². The number of rotatable bonds is 5. The Morgan fingerprint density at radius 3 is 2.84 bits per heavy atom. The van der Waals surface area contributed by atoms with E-state index in [9.17, 15) is 8.42 Å². The molecule has 1 heterocycles. The normalized spacial score (nSPS) is 11.5. The van der Waals surface area contributed by atoms with E-state index in [0.717, 1.165) is 8.81 Å². The molecule has 0 saturated carbocycles. The second-order valence-electron chi connectivity index (χ2n) is 3.57. The van der Waals surface area contributed by atoms with Crippen molar-refractivity contribution in [3.63, 3.8) is 0 Å². The van der Waals surface area contributed by atoms with Crippen LogP contribution in [0.3, 0.4) is 0 Å². The number of anilines is 1. The summed E-state index contributed by atoms with van der Waals surface area (Å²) in [5.41, 5.74) is 0.705. The second-order valence-corrected chi connectivity index (χ2v) is 8.24. The van der Waals surface area contributed by atoms with Crippen molar-refractivity contribution in [2.24, 2.45) is 0 Å². The van der Waals surface area contributed by atoms with Gasteiger partial charge in [0.25, 0.3) is 0 Å². The SMILES string of the molecule is CSc1nnc(NS(=O)(=O)Cc2cccc(Br)c2)s1. The molecule has 1 aromatic heterocycles. The van der Waals surface area contributed by atoms with Crippen molar-refractivity contribution >= 4 is 54.2 Å². The third-order valence-corrected chi connectivity index (χ3v) is 5.72. The Labute approximate surface area is 128 Å². The summed E-state index contributed by atoms with van der Waals surface area (Å²) in [6, 6.07) is 7.18. The summed E-state index contributed by atoms with van der Waals surface area (Å²) >= 11 is 5.95. The van der Waals surface area contributed by atoms with Gasteiger partial charge in [-0.15, -0.1) is 10.2 Å². The van der Waals surface area contributed by atoms with Gasteiger partial charge in [-0.2, -0.15) is 0 Å². The fourth-order valence-corrected chi connectivity index (χ4v) is 4.36. The zero-order valence-corrected chi connectivity index (χ0v) is 13.9. The van der Waals surface area contributed by atoms with Gasteiger partial charge < -0.3 is 0 Å². The van der Waals surface area contributed by atoms with Gasteiger partial charge in [0.05, 0.1) is 5.75 Å². The molecule has 102 valence electrons. The van der Waals surface area contributed by atoms with Gasteiger partial charge in [0.15, 0.2) is 4.34 Å². The van der Waals surface area contributed by atoms with Crippen LogP contribution in [-0.2, 0) is 15.8 Å². The molecule has 19 heavy (non-hydrogen) atoms. The van der Waals surface area contributed by atoms with Crippen molar-refractivity contribution in [3.8, 4) is 0 Å². The Kier molecular flexibility index (Phi) is 4.82. The van der Waals surface area contributed by atoms with Crippen LogP contribution in [-0.4, -0.2) is 24.9 Å². The summed E-state index contributed by atoms with van der Waals surface area (Å²) < 4.78 is 28.0. The highest BCUT2D eigenvalue weighted by Gasteiger charge is 2.14. The minimum absolute atomic E-state index is 0.0966. The van der Waals surface area contributed by atoms with E-state index in [2.05, 4.69) is 30.8 Å². The Bertz CT molecular complexity index is 672. The van der Waals surface area contributed by atoms with Gasteiger partial charge in [0, 0.05) is 4.47 Å². The maximum Gasteiger partial charge on any atom is 0.238 e. The van der Waals surface area contributed by atoms with Crippen LogP contribution in [0.2, 0.25) is 0 Å². The standard InChI is InChI=1S/C10H10BrN3O2S3/c1-17-10-13-12-9(18-10)14-19(15,16)6-7-3-2-4-8(11)5-7/h2-5H,6H2,1H3,(H,12,14). The van der Waals surface area contributed by atoms with E-state index in [1.165, 1.54) is 23.1 Å². The molecule has 1 N–H and O–H groups in total. The molecule has 0 aliphatic carbocycles. The molecule has 0 amide bonds. The fraction of sp³-hybridized carbons (Fsp3) is 0.200. The van der Waals surface area contributed by atoms with Gasteiger partial charge in [-0.1, -0.05) is 51.2 Å². The molecular weight excluding hydrogens is 370 g/mol. The van der Waals surface area contributed by atoms with E-state index in [4.69, 9.17) is 0 Å². The average Bonchev–Trinajstić information content (AvgIpc) is 2.75. The van der Waals surface area contributed by atoms with Crippen LogP contribution >= 0.6 is 39.0 Å². The minimum atomic E-state index is -3.47. The molecule has 0 aliphatic rings. The van der Waals surface area contributed by atoms with Gasteiger partial charge in [-0.3, -0.25) is 4.72 Å². The zero-order chi connectivity index (χ0) is 13.9. The molecule has 0 radical (unpaired) electrons. The van der Waals surface area contributed by atoms with Crippen LogP contribution in [0.4, 0.5) is 5.13 Å². The number of aromatic nitrogens is 2. The number of sulfonamides is 1. The average molecular weight is 380 g/mol. The van der Waals surface area contributed by atoms with Crippen molar-refractivity contribution in [1.82, 2.24) is 10.2 Å². The van der Waals surface area contributed by atoms with E-state index in [1.54, 1.807) is 18.2 Å². The highest BCUT2D eigenvalue weighted by atomic mass is 79.9. The molecule has 9 heteroatoms. The second kappa shape index (κ2) is 6.21. The first-order valence-corrected chi connectivity index (χ1v) is 9.59. The summed E-state index contributed by atoms with van der Waals surface area (Å²) in [5.74, 6) is -0.0966. The molecule has 0 atom stereocenters. The molecule has 0 aliphatic heterocycles. The van der Waals surface area contributed by atoms with Crippen LogP contribution in [0.1, 0.15) is 5.56 Å². The third kappa shape index (κ3) is 4.44. The lowest BCUT2D eigenvalue weighted by Crippen LogP contribution is -2.14. The summed E-state index contributed by atoms with van der Waals surface area (Å²) in [7, 11) is -3.47. The Hall–Kier alpha value is -0.640. The lowest BCUT2D eigenvalue weighted by molar-refractivity contribution is 0.600. The summed E-state index contributed by atoms with van der Waals surface area (Å²) in [6.07, 6.45) is 1.86. The number of halogens is 1. The monoisotopic (exact) mass is 379 g/mol. The van der Waals surface area contributed by atoms with Crippen LogP contribution in [0.5, 0.6) is 0 Å². The van der Waals surface area contributed by atoms with E-state index < -0.39 is 10.0 Å². The third-order valence-electron chi connectivity index (χ3n) is 2.07. The van der Waals surface area contributed by atoms with Crippen LogP contribution in [0.15, 0.2) is 33.1 Å². The maximum atomic E-state index is 12.0. The number of thioether (sulfide) groups is 1. The molecule has 0 spiro atoms. The van der Waals surface area contributed by atoms with Crippen molar-refractivity contribution in [2.45, 2.75) is 10.1 Å². The van der Waals surface area contributed by atoms with E-state index in [1.807, 2.05) is 12.3 Å². The smallest absolute Gasteiger partial charge is 0.238 e. The molecule has 0 unspecified atom stereocenters. The summed E-state index contributed by atoms with van der Waals surface area (Å²) in [6.45, 7) is 0. The van der Waals surface area contributed by atoms with Gasteiger partial charge in [0.1, 0.15) is 0 Å². The van der Waals surface area contributed by atoms with E-state index >= 15 is 0 Å². The van der Waals surface area contributed by atoms with Gasteiger partial charge in [-0.05, 0) is 24.0 Å². The van der Waals surface area contributed by atoms with Crippen molar-refractivity contribution in [2.75, 3.05) is 11.0 Å². The highest BCUT2D eigenvalue weighted by molar-refractivity contribution is 9.10. The van der Waals surface area contributed by atoms with E-state index in [0.29, 0.717) is 10.7 Å². The maximum absolute atomic E-state index is 12.0. The van der Waals surface area contributed by atoms with Crippen LogP contribution < -0.4 is 4.72 Å². The highest BCUT2D eigenvalue weighted by Crippen LogP contribution is 2.24. The van der Waals surface area contributed by atoms with Crippen LogP contribution in [0, 0.1) is 0 Å². The summed E-state index contributed by atoms with van der Waals surface area (Å²) in [4.78, 5) is 0. The quantitative estimate of drug-likeness (QED) is 0.808. The predicted octanol–water partition coefficient (Wildman–Crippen LogP) is 2.96. The van der Waals surface area contributed by atoms with Gasteiger partial charge >= 0.3 is 0 Å². The van der Waals surface area contributed by atoms with Crippen molar-refractivity contribution < 1.29 is 8.42 Å². The first kappa shape index (κ1) is 14.8. The van der Waals surface area contributed by atoms with E-state index in [-0.39, 0.29) is 5.75 Å². The zero-order valence-electron chi connectivity index (χ0n) is 9.83. The number of hydrogen-bond acceptors (Lipinski definition) is 6. The molecule has 2 rings (SSSR count). The molecule has 0 saturated heterocycles. The predicted molar refractivity (Wildman–Crippen MR) is 82.1 cm³/mol. The number of hydrogen-bond donors (Lipinski definition) is 1. The van der Waals surface area contributed by atoms with Gasteiger partial charge in [-0.25, -0.2) is 8.42 Å².